The van der Waals surface area contributed by atoms with Gasteiger partial charge in [-0.05, 0) is 51.4 Å². The molecule has 0 radical (unpaired) electrons. The fourth-order valence-corrected chi connectivity index (χ4v) is 3.35. The third-order valence-corrected chi connectivity index (χ3v) is 5.33. The van der Waals surface area contributed by atoms with Crippen LogP contribution in [0.4, 0.5) is 0 Å². The molecule has 0 aliphatic heterocycles. The van der Waals surface area contributed by atoms with Gasteiger partial charge in [-0.15, -0.1) is 0 Å². The van der Waals surface area contributed by atoms with E-state index in [1.807, 2.05) is 6.92 Å². The Kier molecular flexibility index (Phi) is 25.5. The van der Waals surface area contributed by atoms with E-state index in [-0.39, 0.29) is 6.42 Å². The van der Waals surface area contributed by atoms with Crippen molar-refractivity contribution in [1.82, 2.24) is 0 Å². The molecule has 30 heavy (non-hydrogen) atoms. The predicted octanol–water partition coefficient (Wildman–Crippen LogP) is 7.05. The molecule has 0 saturated carbocycles. The van der Waals surface area contributed by atoms with Gasteiger partial charge in [0.2, 0.25) is 0 Å². The average Bonchev–Trinajstić information content (AvgIpc) is 2.67. The van der Waals surface area contributed by atoms with Gasteiger partial charge in [0.25, 0.3) is 0 Å². The summed E-state index contributed by atoms with van der Waals surface area (Å²) in [4.78, 5) is 9.76. The number of aliphatic carboxylic acids is 1. The number of rotatable bonds is 20. The second-order valence-corrected chi connectivity index (χ2v) is 9.78. The number of carboxylic acid groups (broad SMARTS) is 1. The van der Waals surface area contributed by atoms with Gasteiger partial charge in [0.1, 0.15) is 0 Å². The Labute approximate surface area is 189 Å². The lowest BCUT2D eigenvalue weighted by molar-refractivity contribution is -0.870. The highest BCUT2D eigenvalue weighted by Gasteiger charge is 2.04. The Morgan fingerprint density at radius 1 is 0.633 bits per heavy atom. The van der Waals surface area contributed by atoms with Crippen molar-refractivity contribution in [2.75, 3.05) is 27.7 Å². The van der Waals surface area contributed by atoms with Crippen LogP contribution in [-0.4, -0.2) is 38.1 Å². The average molecular weight is 426 g/mol. The molecular weight excluding hydrogens is 370 g/mol. The summed E-state index contributed by atoms with van der Waals surface area (Å²) in [6, 6.07) is 0. The molecule has 0 amide bonds. The summed E-state index contributed by atoms with van der Waals surface area (Å²) in [7, 11) is 6.87. The number of hydrogen-bond acceptors (Lipinski definition) is 2. The molecule has 180 valence electrons. The highest BCUT2D eigenvalue weighted by atomic mass is 16.4. The lowest BCUT2D eigenvalue weighted by atomic mass is 10.1. The van der Waals surface area contributed by atoms with Gasteiger partial charge in [-0.2, -0.15) is 0 Å². The lowest BCUT2D eigenvalue weighted by Gasteiger charge is -2.23. The van der Waals surface area contributed by atoms with Crippen LogP contribution in [0.1, 0.15) is 129 Å². The molecule has 0 aliphatic rings. The third-order valence-electron chi connectivity index (χ3n) is 5.33. The number of carbonyl (C=O) groups excluding carboxylic acids is 1. The van der Waals surface area contributed by atoms with Crippen LogP contribution in [0.3, 0.4) is 0 Å². The highest BCUT2D eigenvalue weighted by Crippen LogP contribution is 2.10. The van der Waals surface area contributed by atoms with Crippen molar-refractivity contribution < 1.29 is 14.4 Å². The predicted molar refractivity (Wildman–Crippen MR) is 132 cm³/mol. The minimum Gasteiger partial charge on any atom is -0.550 e. The fourth-order valence-electron chi connectivity index (χ4n) is 3.35. The normalized spacial score (nSPS) is 11.5. The van der Waals surface area contributed by atoms with Gasteiger partial charge >= 0.3 is 0 Å². The lowest BCUT2D eigenvalue weighted by Crippen LogP contribution is -2.35. The number of allylic oxidation sites excluding steroid dienone is 2. The van der Waals surface area contributed by atoms with E-state index in [0.29, 0.717) is 0 Å². The van der Waals surface area contributed by atoms with Crippen LogP contribution in [0.15, 0.2) is 12.2 Å². The number of hydrogen-bond donors (Lipinski definition) is 0. The van der Waals surface area contributed by atoms with Gasteiger partial charge in [-0.25, -0.2) is 0 Å². The first-order valence-corrected chi connectivity index (χ1v) is 13.0. The molecule has 0 aromatic heterocycles. The summed E-state index contributed by atoms with van der Waals surface area (Å²) in [6.07, 6.45) is 27.4. The Morgan fingerprint density at radius 3 is 1.47 bits per heavy atom. The Balaban J connectivity index is 0. The first kappa shape index (κ1) is 31.4. The molecule has 0 aromatic rings. The summed E-state index contributed by atoms with van der Waals surface area (Å²) in [5, 5.41) is 9.76. The molecule has 0 aromatic carbocycles. The van der Waals surface area contributed by atoms with Gasteiger partial charge in [0.15, 0.2) is 0 Å². The van der Waals surface area contributed by atoms with Gasteiger partial charge in [0.05, 0.1) is 27.7 Å². The molecule has 3 heteroatoms. The molecule has 0 N–H and O–H groups in total. The zero-order chi connectivity index (χ0) is 22.9. The zero-order valence-electron chi connectivity index (χ0n) is 21.4. The monoisotopic (exact) mass is 425 g/mol. The first-order valence-electron chi connectivity index (χ1n) is 13.0. The molecule has 0 saturated heterocycles. The third kappa shape index (κ3) is 34.7. The van der Waals surface area contributed by atoms with Crippen molar-refractivity contribution in [3.8, 4) is 0 Å². The van der Waals surface area contributed by atoms with E-state index in [9.17, 15) is 9.90 Å². The largest absolute Gasteiger partial charge is 0.550 e. The van der Waals surface area contributed by atoms with Gasteiger partial charge in [0, 0.05) is 5.97 Å². The molecule has 0 rings (SSSR count). The van der Waals surface area contributed by atoms with Crippen molar-refractivity contribution in [2.45, 2.75) is 129 Å². The maximum atomic E-state index is 9.76. The Morgan fingerprint density at radius 2 is 1.03 bits per heavy atom. The summed E-state index contributed by atoms with van der Waals surface area (Å²) in [5.74, 6) is -0.932. The van der Waals surface area contributed by atoms with E-state index in [1.165, 1.54) is 96.4 Å². The van der Waals surface area contributed by atoms with E-state index in [1.54, 1.807) is 0 Å². The number of nitrogens with zero attached hydrogens (tertiary/aromatic N) is 1. The fraction of sp³-hybridized carbons (Fsp3) is 0.889. The standard InChI is InChI=1S/C21H44N.C6H12O2/c1-5-6-7-8-9-10-11-12-13-14-15-16-17-18-19-20-21-22(2,3)4;1-2-3-4-5-6(7)8/h12-13H,5-11,14-21H2,1-4H3;2-5H2,1H3,(H,7,8)/q+1;/p-1/b13-12-;. The quantitative estimate of drug-likeness (QED) is 0.119. The van der Waals surface area contributed by atoms with Crippen LogP contribution < -0.4 is 5.11 Å². The second-order valence-electron chi connectivity index (χ2n) is 9.78. The molecule has 0 fully saturated rings. The first-order chi connectivity index (χ1) is 14.3. The Bertz CT molecular complexity index is 372. The van der Waals surface area contributed by atoms with Crippen LogP contribution in [0.2, 0.25) is 0 Å². The summed E-state index contributed by atoms with van der Waals surface area (Å²) in [6.45, 7) is 5.64. The van der Waals surface area contributed by atoms with Crippen LogP contribution in [0.25, 0.3) is 0 Å². The van der Waals surface area contributed by atoms with Crippen LogP contribution in [0, 0.1) is 0 Å². The molecule has 0 aliphatic carbocycles. The number of carbonyl (C=O) groups is 1. The SMILES string of the molecule is CCCCCC(=O)[O-].CCCCCCCC/C=C\CCCCCCCC[N+](C)(C)C. The molecule has 0 bridgehead atoms. The van der Waals surface area contributed by atoms with E-state index in [0.717, 1.165) is 23.7 Å². The maximum absolute atomic E-state index is 9.76. The van der Waals surface area contributed by atoms with Crippen molar-refractivity contribution >= 4 is 5.97 Å². The number of unbranched alkanes of at least 4 members (excludes halogenated alkanes) is 14. The zero-order valence-corrected chi connectivity index (χ0v) is 21.4. The minimum absolute atomic E-state index is 0.216. The maximum Gasteiger partial charge on any atom is 0.0780 e. The van der Waals surface area contributed by atoms with Crippen molar-refractivity contribution in [3.05, 3.63) is 12.2 Å². The van der Waals surface area contributed by atoms with E-state index in [4.69, 9.17) is 0 Å². The summed E-state index contributed by atoms with van der Waals surface area (Å²) in [5.41, 5.74) is 0. The number of quaternary nitrogens is 1. The summed E-state index contributed by atoms with van der Waals surface area (Å²) < 4.78 is 1.11. The van der Waals surface area contributed by atoms with Crippen LogP contribution in [-0.2, 0) is 4.79 Å². The highest BCUT2D eigenvalue weighted by molar-refractivity contribution is 5.63. The topological polar surface area (TPSA) is 40.1 Å². The molecule has 0 atom stereocenters. The van der Waals surface area contributed by atoms with Crippen molar-refractivity contribution in [3.63, 3.8) is 0 Å². The van der Waals surface area contributed by atoms with Gasteiger partial charge in [-0.3, -0.25) is 0 Å². The Hall–Kier alpha value is -0.830. The molecule has 0 unspecified atom stereocenters. The van der Waals surface area contributed by atoms with E-state index >= 15 is 0 Å². The second kappa shape index (κ2) is 24.4. The number of carboxylic acids is 1. The van der Waals surface area contributed by atoms with Crippen molar-refractivity contribution in [2.24, 2.45) is 0 Å². The van der Waals surface area contributed by atoms with Crippen molar-refractivity contribution in [1.29, 1.82) is 0 Å². The molecular formula is C27H55NO2. The molecule has 0 spiro atoms. The van der Waals surface area contributed by atoms with E-state index < -0.39 is 5.97 Å². The van der Waals surface area contributed by atoms with Gasteiger partial charge in [-0.1, -0.05) is 90.2 Å². The van der Waals surface area contributed by atoms with E-state index in [2.05, 4.69) is 40.2 Å². The van der Waals surface area contributed by atoms with Gasteiger partial charge < -0.3 is 14.4 Å². The molecule has 0 heterocycles. The van der Waals surface area contributed by atoms with Crippen LogP contribution in [0.5, 0.6) is 0 Å². The van der Waals surface area contributed by atoms with Crippen LogP contribution >= 0.6 is 0 Å². The molecule has 3 nitrogen and oxygen atoms in total. The smallest absolute Gasteiger partial charge is 0.0780 e. The minimum atomic E-state index is -0.932. The summed E-state index contributed by atoms with van der Waals surface area (Å²) >= 11 is 0.